The number of rotatable bonds is 5. The number of hydrogen-bond acceptors (Lipinski definition) is 2. The zero-order valence-electron chi connectivity index (χ0n) is 11.4. The SMILES string of the molecule is CCC(C)NC(=O)C(C)NC(=O)c1ccc(Br)cc1. The standard InChI is InChI=1S/C14H19BrN2O2/c1-4-9(2)16-13(18)10(3)17-14(19)11-5-7-12(15)8-6-11/h5-10H,4H2,1-3H3,(H,16,18)(H,17,19). The van der Waals surface area contributed by atoms with Crippen LogP contribution < -0.4 is 10.6 Å². The van der Waals surface area contributed by atoms with E-state index in [2.05, 4.69) is 26.6 Å². The van der Waals surface area contributed by atoms with E-state index in [1.165, 1.54) is 0 Å². The number of carbonyl (C=O) groups excluding carboxylic acids is 2. The summed E-state index contributed by atoms with van der Waals surface area (Å²) in [6, 6.07) is 6.55. The first-order chi connectivity index (χ1) is 8.93. The molecule has 0 aromatic heterocycles. The van der Waals surface area contributed by atoms with Gasteiger partial charge in [0.05, 0.1) is 0 Å². The Hall–Kier alpha value is -1.36. The lowest BCUT2D eigenvalue weighted by Crippen LogP contribution is -2.47. The van der Waals surface area contributed by atoms with Crippen LogP contribution in [0.25, 0.3) is 0 Å². The van der Waals surface area contributed by atoms with Gasteiger partial charge in [-0.25, -0.2) is 0 Å². The van der Waals surface area contributed by atoms with E-state index in [1.807, 2.05) is 13.8 Å². The molecule has 0 aliphatic heterocycles. The molecule has 0 bridgehead atoms. The van der Waals surface area contributed by atoms with E-state index in [0.29, 0.717) is 5.56 Å². The molecule has 0 aliphatic rings. The molecule has 0 saturated heterocycles. The predicted octanol–water partition coefficient (Wildman–Crippen LogP) is 2.48. The molecule has 2 atom stereocenters. The molecule has 0 radical (unpaired) electrons. The van der Waals surface area contributed by atoms with Crippen molar-refractivity contribution < 1.29 is 9.59 Å². The van der Waals surface area contributed by atoms with E-state index in [4.69, 9.17) is 0 Å². The van der Waals surface area contributed by atoms with Crippen LogP contribution in [0.5, 0.6) is 0 Å². The molecule has 1 aromatic rings. The summed E-state index contributed by atoms with van der Waals surface area (Å²) in [6.07, 6.45) is 0.860. The van der Waals surface area contributed by atoms with Gasteiger partial charge in [-0.3, -0.25) is 9.59 Å². The van der Waals surface area contributed by atoms with Crippen LogP contribution in [0, 0.1) is 0 Å². The smallest absolute Gasteiger partial charge is 0.251 e. The van der Waals surface area contributed by atoms with Gasteiger partial charge in [0.15, 0.2) is 0 Å². The van der Waals surface area contributed by atoms with Crippen molar-refractivity contribution in [3.8, 4) is 0 Å². The van der Waals surface area contributed by atoms with Crippen LogP contribution in [0.4, 0.5) is 0 Å². The molecular formula is C14H19BrN2O2. The predicted molar refractivity (Wildman–Crippen MR) is 79.0 cm³/mol. The maximum atomic E-state index is 11.9. The van der Waals surface area contributed by atoms with E-state index in [9.17, 15) is 9.59 Å². The highest BCUT2D eigenvalue weighted by atomic mass is 79.9. The van der Waals surface area contributed by atoms with Gasteiger partial charge in [-0.2, -0.15) is 0 Å². The number of benzene rings is 1. The topological polar surface area (TPSA) is 58.2 Å². The Labute approximate surface area is 122 Å². The molecule has 2 N–H and O–H groups in total. The second-order valence-corrected chi connectivity index (χ2v) is 5.44. The molecule has 0 saturated carbocycles. The third-order valence-electron chi connectivity index (χ3n) is 2.85. The van der Waals surface area contributed by atoms with Gasteiger partial charge in [0.1, 0.15) is 6.04 Å². The summed E-state index contributed by atoms with van der Waals surface area (Å²) in [5.74, 6) is -0.417. The van der Waals surface area contributed by atoms with E-state index in [0.717, 1.165) is 10.9 Å². The zero-order chi connectivity index (χ0) is 14.4. The molecule has 104 valence electrons. The Morgan fingerprint density at radius 2 is 1.74 bits per heavy atom. The summed E-state index contributed by atoms with van der Waals surface area (Å²) in [5, 5.41) is 5.51. The average Bonchev–Trinajstić information content (AvgIpc) is 2.38. The third-order valence-corrected chi connectivity index (χ3v) is 3.38. The summed E-state index contributed by atoms with van der Waals surface area (Å²) in [4.78, 5) is 23.7. The second-order valence-electron chi connectivity index (χ2n) is 4.52. The number of hydrogen-bond donors (Lipinski definition) is 2. The fourth-order valence-corrected chi connectivity index (χ4v) is 1.68. The van der Waals surface area contributed by atoms with Crippen molar-refractivity contribution in [1.82, 2.24) is 10.6 Å². The van der Waals surface area contributed by atoms with Crippen LogP contribution in [0.3, 0.4) is 0 Å². The molecule has 1 aromatic carbocycles. The van der Waals surface area contributed by atoms with Crippen LogP contribution >= 0.6 is 15.9 Å². The summed E-state index contributed by atoms with van der Waals surface area (Å²) in [7, 11) is 0. The van der Waals surface area contributed by atoms with Crippen LogP contribution in [0.2, 0.25) is 0 Å². The Morgan fingerprint density at radius 3 is 2.26 bits per heavy atom. The first kappa shape index (κ1) is 15.7. The first-order valence-corrected chi connectivity index (χ1v) is 7.10. The van der Waals surface area contributed by atoms with Crippen molar-refractivity contribution in [2.45, 2.75) is 39.3 Å². The van der Waals surface area contributed by atoms with Crippen molar-refractivity contribution in [3.63, 3.8) is 0 Å². The van der Waals surface area contributed by atoms with Crippen LogP contribution in [0.1, 0.15) is 37.6 Å². The van der Waals surface area contributed by atoms with Gasteiger partial charge < -0.3 is 10.6 Å². The van der Waals surface area contributed by atoms with E-state index in [1.54, 1.807) is 31.2 Å². The number of amides is 2. The molecule has 0 heterocycles. The lowest BCUT2D eigenvalue weighted by Gasteiger charge is -2.17. The normalized spacial score (nSPS) is 13.5. The Morgan fingerprint density at radius 1 is 1.16 bits per heavy atom. The minimum absolute atomic E-state index is 0.111. The largest absolute Gasteiger partial charge is 0.352 e. The zero-order valence-corrected chi connectivity index (χ0v) is 13.0. The van der Waals surface area contributed by atoms with E-state index in [-0.39, 0.29) is 17.9 Å². The van der Waals surface area contributed by atoms with Gasteiger partial charge in [-0.1, -0.05) is 22.9 Å². The maximum absolute atomic E-state index is 11.9. The average molecular weight is 327 g/mol. The monoisotopic (exact) mass is 326 g/mol. The maximum Gasteiger partial charge on any atom is 0.251 e. The summed E-state index contributed by atoms with van der Waals surface area (Å²) in [5.41, 5.74) is 0.534. The third kappa shape index (κ3) is 5.03. The van der Waals surface area contributed by atoms with Crippen molar-refractivity contribution >= 4 is 27.7 Å². The van der Waals surface area contributed by atoms with Crippen LogP contribution in [-0.4, -0.2) is 23.9 Å². The fourth-order valence-electron chi connectivity index (χ4n) is 1.42. The Kier molecular flexibility index (Phi) is 6.02. The number of nitrogens with one attached hydrogen (secondary N) is 2. The van der Waals surface area contributed by atoms with Crippen LogP contribution in [-0.2, 0) is 4.79 Å². The van der Waals surface area contributed by atoms with Gasteiger partial charge in [0.25, 0.3) is 5.91 Å². The minimum atomic E-state index is -0.551. The second kappa shape index (κ2) is 7.28. The van der Waals surface area contributed by atoms with Crippen molar-refractivity contribution in [3.05, 3.63) is 34.3 Å². The summed E-state index contributed by atoms with van der Waals surface area (Å²) < 4.78 is 0.909. The minimum Gasteiger partial charge on any atom is -0.352 e. The van der Waals surface area contributed by atoms with Gasteiger partial charge in [0, 0.05) is 16.1 Å². The molecule has 0 aliphatic carbocycles. The highest BCUT2D eigenvalue weighted by molar-refractivity contribution is 9.10. The van der Waals surface area contributed by atoms with E-state index < -0.39 is 6.04 Å². The molecule has 2 unspecified atom stereocenters. The van der Waals surface area contributed by atoms with Gasteiger partial charge in [-0.15, -0.1) is 0 Å². The summed E-state index contributed by atoms with van der Waals surface area (Å²) in [6.45, 7) is 5.60. The fraction of sp³-hybridized carbons (Fsp3) is 0.429. The first-order valence-electron chi connectivity index (χ1n) is 6.30. The molecular weight excluding hydrogens is 308 g/mol. The van der Waals surface area contributed by atoms with Crippen molar-refractivity contribution in [2.75, 3.05) is 0 Å². The molecule has 19 heavy (non-hydrogen) atoms. The number of carbonyl (C=O) groups is 2. The van der Waals surface area contributed by atoms with Gasteiger partial charge >= 0.3 is 0 Å². The molecule has 5 heteroatoms. The van der Waals surface area contributed by atoms with E-state index >= 15 is 0 Å². The lowest BCUT2D eigenvalue weighted by atomic mass is 10.2. The molecule has 0 spiro atoms. The highest BCUT2D eigenvalue weighted by Gasteiger charge is 2.17. The van der Waals surface area contributed by atoms with Crippen molar-refractivity contribution in [2.24, 2.45) is 0 Å². The summed E-state index contributed by atoms with van der Waals surface area (Å²) >= 11 is 3.31. The molecule has 2 amide bonds. The molecule has 1 rings (SSSR count). The van der Waals surface area contributed by atoms with Gasteiger partial charge in [0.2, 0.25) is 5.91 Å². The Bertz CT molecular complexity index is 445. The lowest BCUT2D eigenvalue weighted by molar-refractivity contribution is -0.123. The highest BCUT2D eigenvalue weighted by Crippen LogP contribution is 2.10. The molecule has 4 nitrogen and oxygen atoms in total. The van der Waals surface area contributed by atoms with Crippen LogP contribution in [0.15, 0.2) is 28.7 Å². The molecule has 0 fully saturated rings. The quantitative estimate of drug-likeness (QED) is 0.873. The van der Waals surface area contributed by atoms with Gasteiger partial charge in [-0.05, 0) is 44.5 Å². The van der Waals surface area contributed by atoms with Crippen molar-refractivity contribution in [1.29, 1.82) is 0 Å². The Balaban J connectivity index is 2.56. The number of halogens is 1.